The first-order valence-electron chi connectivity index (χ1n) is 4.78. The lowest BCUT2D eigenvalue weighted by Crippen LogP contribution is -2.00. The number of rotatable bonds is 3. The smallest absolute Gasteiger partial charge is 0.421 e. The van der Waals surface area contributed by atoms with Crippen LogP contribution in [-0.4, -0.2) is 11.1 Å². The van der Waals surface area contributed by atoms with Crippen molar-refractivity contribution in [2.24, 2.45) is 0 Å². The lowest BCUT2D eigenvalue weighted by Gasteiger charge is -2.12. The number of hydrogen-bond acceptors (Lipinski definition) is 2. The molecule has 1 N–H and O–H groups in total. The van der Waals surface area contributed by atoms with E-state index in [0.717, 1.165) is 10.8 Å². The summed E-state index contributed by atoms with van der Waals surface area (Å²) >= 11 is 0. The Kier molecular flexibility index (Phi) is 3.13. The lowest BCUT2D eigenvalue weighted by molar-refractivity contribution is 0.188. The molecule has 0 saturated heterocycles. The van der Waals surface area contributed by atoms with Gasteiger partial charge in [0.15, 0.2) is 0 Å². The molecule has 90 valence electrons. The Labute approximate surface area is 96.2 Å². The van der Waals surface area contributed by atoms with Crippen LogP contribution in [0.1, 0.15) is 0 Å². The van der Waals surface area contributed by atoms with Crippen LogP contribution < -0.4 is 4.52 Å². The zero-order chi connectivity index (χ0) is 12.5. The van der Waals surface area contributed by atoms with Gasteiger partial charge in [0.1, 0.15) is 5.75 Å². The number of benzene rings is 2. The largest absolute Gasteiger partial charge is 0.442 e. The molecule has 2 rings (SSSR count). The first kappa shape index (κ1) is 12.0. The van der Waals surface area contributed by atoms with Crippen molar-refractivity contribution >= 4 is 18.4 Å². The van der Waals surface area contributed by atoms with E-state index in [1.807, 2.05) is 12.1 Å². The van der Waals surface area contributed by atoms with Gasteiger partial charge in [-0.1, -0.05) is 30.3 Å². The Morgan fingerprint density at radius 2 is 1.76 bits per heavy atom. The third-order valence-corrected chi connectivity index (χ3v) is 3.17. The lowest BCUT2D eigenvalue weighted by atomic mass is 10.1. The summed E-state index contributed by atoms with van der Waals surface area (Å²) in [5.74, 6) is -0.0465. The molecular weight excluding hydrogens is 249 g/mol. The summed E-state index contributed by atoms with van der Waals surface area (Å²) in [5, 5.41) is 1.64. The first-order valence-corrected chi connectivity index (χ1v) is 6.43. The summed E-state index contributed by atoms with van der Waals surface area (Å²) in [5.41, 5.74) is 0. The van der Waals surface area contributed by atoms with Crippen molar-refractivity contribution in [1.82, 2.24) is 0 Å². The summed E-state index contributed by atoms with van der Waals surface area (Å²) < 4.78 is 39.8. The van der Waals surface area contributed by atoms with Gasteiger partial charge in [-0.15, -0.1) is 0 Å². The molecule has 0 aliphatic carbocycles. The maximum absolute atomic E-state index is 12.2. The Bertz CT molecular complexity index is 586. The van der Waals surface area contributed by atoms with Gasteiger partial charge in [0.25, 0.3) is 0 Å². The van der Waals surface area contributed by atoms with Gasteiger partial charge in [-0.2, -0.15) is 8.78 Å². The molecule has 3 nitrogen and oxygen atoms in total. The Balaban J connectivity index is 2.35. The number of hydrogen-bond donors (Lipinski definition) is 1. The molecule has 0 fully saturated rings. The predicted molar refractivity (Wildman–Crippen MR) is 60.4 cm³/mol. The maximum Gasteiger partial charge on any atom is 0.442 e. The van der Waals surface area contributed by atoms with Crippen LogP contribution >= 0.6 is 7.60 Å². The topological polar surface area (TPSA) is 46.5 Å². The van der Waals surface area contributed by atoms with E-state index in [2.05, 4.69) is 4.52 Å². The van der Waals surface area contributed by atoms with E-state index in [1.165, 1.54) is 12.1 Å². The molecule has 0 aliphatic rings. The molecule has 6 heteroatoms. The average Bonchev–Trinajstić information content (AvgIpc) is 2.28. The van der Waals surface area contributed by atoms with Crippen molar-refractivity contribution in [2.75, 3.05) is 0 Å². The van der Waals surface area contributed by atoms with Crippen LogP contribution in [0.15, 0.2) is 42.5 Å². The predicted octanol–water partition coefficient (Wildman–Crippen LogP) is 3.63. The van der Waals surface area contributed by atoms with Gasteiger partial charge in [0.05, 0.1) is 0 Å². The number of halogens is 2. The normalized spacial score (nSPS) is 14.8. The van der Waals surface area contributed by atoms with Crippen molar-refractivity contribution in [3.63, 3.8) is 0 Å². The number of fused-ring (bicyclic) bond motifs is 1. The van der Waals surface area contributed by atoms with E-state index >= 15 is 0 Å². The Morgan fingerprint density at radius 3 is 2.41 bits per heavy atom. The third-order valence-electron chi connectivity index (χ3n) is 2.20. The summed E-state index contributed by atoms with van der Waals surface area (Å²) in [6.45, 7) is 0. The van der Waals surface area contributed by atoms with Gasteiger partial charge in [-0.3, -0.25) is 0 Å². The van der Waals surface area contributed by atoms with Crippen LogP contribution in [0.3, 0.4) is 0 Å². The molecule has 0 saturated carbocycles. The zero-order valence-electron chi connectivity index (χ0n) is 8.59. The van der Waals surface area contributed by atoms with Crippen LogP contribution in [0.25, 0.3) is 10.8 Å². The third kappa shape index (κ3) is 2.62. The van der Waals surface area contributed by atoms with Crippen molar-refractivity contribution in [1.29, 1.82) is 0 Å². The van der Waals surface area contributed by atoms with E-state index in [-0.39, 0.29) is 5.75 Å². The van der Waals surface area contributed by atoms with Crippen LogP contribution in [0.2, 0.25) is 0 Å². The minimum Gasteiger partial charge on any atom is -0.421 e. The second-order valence-corrected chi connectivity index (χ2v) is 5.14. The highest BCUT2D eigenvalue weighted by Gasteiger charge is 2.34. The molecular formula is C11H9F2O3P. The van der Waals surface area contributed by atoms with Crippen molar-refractivity contribution in [3.8, 4) is 5.75 Å². The second kappa shape index (κ2) is 4.43. The van der Waals surface area contributed by atoms with Gasteiger partial charge in [-0.25, -0.2) is 4.57 Å². The first-order chi connectivity index (χ1) is 7.99. The van der Waals surface area contributed by atoms with E-state index < -0.39 is 13.8 Å². The van der Waals surface area contributed by atoms with Crippen molar-refractivity contribution in [3.05, 3.63) is 42.5 Å². The highest BCUT2D eigenvalue weighted by molar-refractivity contribution is 7.53. The molecule has 0 aromatic heterocycles. The minimum absolute atomic E-state index is 0.0465. The molecule has 0 heterocycles. The van der Waals surface area contributed by atoms with Gasteiger partial charge in [-0.05, 0) is 22.9 Å². The summed E-state index contributed by atoms with van der Waals surface area (Å²) in [6.07, 6.45) is -3.41. The van der Waals surface area contributed by atoms with Crippen molar-refractivity contribution in [2.45, 2.75) is 6.17 Å². The average molecular weight is 258 g/mol. The van der Waals surface area contributed by atoms with Gasteiger partial charge >= 0.3 is 13.8 Å². The van der Waals surface area contributed by atoms with Crippen LogP contribution in [0.5, 0.6) is 5.75 Å². The second-order valence-electron chi connectivity index (χ2n) is 3.44. The fourth-order valence-electron chi connectivity index (χ4n) is 1.42. The highest BCUT2D eigenvalue weighted by Crippen LogP contribution is 2.49. The molecule has 0 aliphatic heterocycles. The zero-order valence-corrected chi connectivity index (χ0v) is 9.48. The fourth-order valence-corrected chi connectivity index (χ4v) is 1.91. The summed E-state index contributed by atoms with van der Waals surface area (Å²) in [6, 6.07) is 11.7. The van der Waals surface area contributed by atoms with Gasteiger partial charge < -0.3 is 9.42 Å². The summed E-state index contributed by atoms with van der Waals surface area (Å²) in [4.78, 5) is 8.90. The SMILES string of the molecule is O=P(O)(Oc1ccc2ccccc2c1)C(F)F. The van der Waals surface area contributed by atoms with Crippen LogP contribution in [0.4, 0.5) is 8.78 Å². The van der Waals surface area contributed by atoms with E-state index in [0.29, 0.717) is 0 Å². The molecule has 1 atom stereocenters. The van der Waals surface area contributed by atoms with Crippen molar-refractivity contribution < 1.29 is 22.8 Å². The minimum atomic E-state index is -4.90. The molecule has 2 aromatic carbocycles. The fraction of sp³-hybridized carbons (Fsp3) is 0.0909. The quantitative estimate of drug-likeness (QED) is 0.855. The molecule has 0 spiro atoms. The molecule has 0 bridgehead atoms. The monoisotopic (exact) mass is 258 g/mol. The van der Waals surface area contributed by atoms with Gasteiger partial charge in [0.2, 0.25) is 0 Å². The van der Waals surface area contributed by atoms with E-state index in [1.54, 1.807) is 18.2 Å². The number of alkyl halides is 2. The van der Waals surface area contributed by atoms with E-state index in [4.69, 9.17) is 4.89 Å². The molecule has 0 radical (unpaired) electrons. The molecule has 1 unspecified atom stereocenters. The highest BCUT2D eigenvalue weighted by atomic mass is 31.2. The van der Waals surface area contributed by atoms with Crippen LogP contribution in [-0.2, 0) is 4.57 Å². The standard InChI is InChI=1S/C11H9F2O3P/c12-11(13)17(14,15)16-10-6-5-8-3-1-2-4-9(8)7-10/h1-7,11H,(H,14,15). The maximum atomic E-state index is 12.2. The summed E-state index contributed by atoms with van der Waals surface area (Å²) in [7, 11) is -4.90. The van der Waals surface area contributed by atoms with Crippen LogP contribution in [0, 0.1) is 0 Å². The Morgan fingerprint density at radius 1 is 1.12 bits per heavy atom. The molecule has 0 amide bonds. The Hall–Kier alpha value is -1.45. The molecule has 2 aromatic rings. The van der Waals surface area contributed by atoms with Gasteiger partial charge in [0, 0.05) is 0 Å². The molecule has 17 heavy (non-hydrogen) atoms. The van der Waals surface area contributed by atoms with E-state index in [9.17, 15) is 13.3 Å².